The third-order valence-electron chi connectivity index (χ3n) is 3.46. The fourth-order valence-corrected chi connectivity index (χ4v) is 2.23. The summed E-state index contributed by atoms with van der Waals surface area (Å²) in [5, 5.41) is 5.10. The Hall–Kier alpha value is -2.86. The fourth-order valence-electron chi connectivity index (χ4n) is 2.23. The largest absolute Gasteiger partial charge is 0.496 e. The smallest absolute Gasteiger partial charge is 0.313 e. The molecule has 0 aliphatic rings. The lowest BCUT2D eigenvalue weighted by Gasteiger charge is -2.18. The molecule has 0 spiro atoms. The number of amides is 2. The predicted molar refractivity (Wildman–Crippen MR) is 90.8 cm³/mol. The van der Waals surface area contributed by atoms with Crippen molar-refractivity contribution in [1.29, 1.82) is 0 Å². The molecule has 0 aromatic heterocycles. The maximum absolute atomic E-state index is 11.9. The molecule has 6 heteroatoms. The summed E-state index contributed by atoms with van der Waals surface area (Å²) in [6, 6.07) is 16.2. The predicted octanol–water partition coefficient (Wildman–Crippen LogP) is 2.14. The molecule has 1 unspecified atom stereocenters. The number of methoxy groups -OCH3 is 2. The van der Waals surface area contributed by atoms with Crippen LogP contribution in [0.2, 0.25) is 0 Å². The maximum Gasteiger partial charge on any atom is 0.313 e. The van der Waals surface area contributed by atoms with Crippen LogP contribution in [0.3, 0.4) is 0 Å². The quantitative estimate of drug-likeness (QED) is 0.797. The van der Waals surface area contributed by atoms with Crippen molar-refractivity contribution in [1.82, 2.24) is 5.32 Å². The van der Waals surface area contributed by atoms with Gasteiger partial charge in [-0.05, 0) is 18.2 Å². The summed E-state index contributed by atoms with van der Waals surface area (Å²) in [6.45, 7) is 0.151. The average molecular weight is 328 g/mol. The summed E-state index contributed by atoms with van der Waals surface area (Å²) in [7, 11) is 3.10. The van der Waals surface area contributed by atoms with Crippen molar-refractivity contribution in [2.75, 3.05) is 26.1 Å². The molecule has 0 aliphatic carbocycles. The Morgan fingerprint density at radius 3 is 2.29 bits per heavy atom. The third-order valence-corrected chi connectivity index (χ3v) is 3.46. The van der Waals surface area contributed by atoms with Crippen LogP contribution in [0.4, 0.5) is 5.69 Å². The molecule has 0 saturated heterocycles. The summed E-state index contributed by atoms with van der Waals surface area (Å²) < 4.78 is 10.7. The Morgan fingerprint density at radius 2 is 1.62 bits per heavy atom. The van der Waals surface area contributed by atoms with Gasteiger partial charge in [0.2, 0.25) is 0 Å². The van der Waals surface area contributed by atoms with E-state index < -0.39 is 17.9 Å². The molecule has 1 atom stereocenters. The van der Waals surface area contributed by atoms with E-state index in [4.69, 9.17) is 9.47 Å². The highest BCUT2D eigenvalue weighted by molar-refractivity contribution is 6.39. The summed E-state index contributed by atoms with van der Waals surface area (Å²) in [6.07, 6.45) is -0.422. The van der Waals surface area contributed by atoms with Gasteiger partial charge in [0.15, 0.2) is 0 Å². The minimum absolute atomic E-state index is 0.151. The van der Waals surface area contributed by atoms with Crippen LogP contribution in [-0.2, 0) is 14.3 Å². The van der Waals surface area contributed by atoms with E-state index in [2.05, 4.69) is 10.6 Å². The van der Waals surface area contributed by atoms with Crippen molar-refractivity contribution < 1.29 is 19.1 Å². The van der Waals surface area contributed by atoms with Gasteiger partial charge >= 0.3 is 11.8 Å². The molecule has 2 aromatic rings. The van der Waals surface area contributed by atoms with Gasteiger partial charge in [-0.2, -0.15) is 0 Å². The second-order valence-electron chi connectivity index (χ2n) is 5.00. The van der Waals surface area contributed by atoms with Crippen LogP contribution >= 0.6 is 0 Å². The number of nitrogens with one attached hydrogen (secondary N) is 2. The van der Waals surface area contributed by atoms with Gasteiger partial charge in [0.25, 0.3) is 0 Å². The van der Waals surface area contributed by atoms with E-state index in [1.54, 1.807) is 31.4 Å². The van der Waals surface area contributed by atoms with Gasteiger partial charge in [0, 0.05) is 24.9 Å². The van der Waals surface area contributed by atoms with E-state index in [1.165, 1.54) is 7.11 Å². The number of carbonyl (C=O) groups is 2. The monoisotopic (exact) mass is 328 g/mol. The van der Waals surface area contributed by atoms with Gasteiger partial charge in [-0.3, -0.25) is 9.59 Å². The Labute approximate surface area is 140 Å². The Bertz CT molecular complexity index is 688. The van der Waals surface area contributed by atoms with Crippen LogP contribution in [0.5, 0.6) is 5.75 Å². The van der Waals surface area contributed by atoms with Crippen LogP contribution in [0.25, 0.3) is 0 Å². The standard InChI is InChI=1S/C18H20N2O4/c1-23-15-11-7-6-10-14(15)16(24-2)12-19-17(21)18(22)20-13-8-4-3-5-9-13/h3-11,16H,12H2,1-2H3,(H,19,21)(H,20,22). The highest BCUT2D eigenvalue weighted by Gasteiger charge is 2.19. The molecule has 6 nitrogen and oxygen atoms in total. The van der Waals surface area contributed by atoms with Gasteiger partial charge in [-0.1, -0.05) is 36.4 Å². The first-order chi connectivity index (χ1) is 11.7. The van der Waals surface area contributed by atoms with Gasteiger partial charge < -0.3 is 20.1 Å². The van der Waals surface area contributed by atoms with Crippen LogP contribution in [0, 0.1) is 0 Å². The molecule has 0 fully saturated rings. The average Bonchev–Trinajstić information content (AvgIpc) is 2.63. The Balaban J connectivity index is 1.95. The van der Waals surface area contributed by atoms with Gasteiger partial charge in [0.05, 0.1) is 7.11 Å². The molecule has 0 saturated carbocycles. The van der Waals surface area contributed by atoms with E-state index >= 15 is 0 Å². The van der Waals surface area contributed by atoms with E-state index in [0.717, 1.165) is 5.56 Å². The molecule has 2 N–H and O–H groups in total. The summed E-state index contributed by atoms with van der Waals surface area (Å²) in [4.78, 5) is 23.8. The lowest BCUT2D eigenvalue weighted by atomic mass is 10.1. The molecule has 0 heterocycles. The van der Waals surface area contributed by atoms with E-state index in [9.17, 15) is 9.59 Å². The molecular weight excluding hydrogens is 308 g/mol. The third kappa shape index (κ3) is 4.57. The topological polar surface area (TPSA) is 76.7 Å². The zero-order chi connectivity index (χ0) is 17.4. The maximum atomic E-state index is 11.9. The summed E-state index contributed by atoms with van der Waals surface area (Å²) in [5.41, 5.74) is 1.36. The lowest BCUT2D eigenvalue weighted by Crippen LogP contribution is -2.38. The summed E-state index contributed by atoms with van der Waals surface area (Å²) in [5.74, 6) is -0.792. The van der Waals surface area contributed by atoms with Crippen molar-refractivity contribution in [3.8, 4) is 5.75 Å². The number of ether oxygens (including phenoxy) is 2. The first-order valence-electron chi connectivity index (χ1n) is 7.45. The molecular formula is C18H20N2O4. The van der Waals surface area contributed by atoms with Gasteiger partial charge in [0.1, 0.15) is 11.9 Å². The second kappa shape index (κ2) is 8.69. The van der Waals surface area contributed by atoms with Gasteiger partial charge in [-0.15, -0.1) is 0 Å². The number of anilines is 1. The zero-order valence-corrected chi connectivity index (χ0v) is 13.6. The van der Waals surface area contributed by atoms with E-state index in [1.807, 2.05) is 30.3 Å². The zero-order valence-electron chi connectivity index (χ0n) is 13.6. The molecule has 2 amide bonds. The first-order valence-corrected chi connectivity index (χ1v) is 7.45. The van der Waals surface area contributed by atoms with Crippen molar-refractivity contribution in [3.05, 3.63) is 60.2 Å². The van der Waals surface area contributed by atoms with Crippen LogP contribution in [-0.4, -0.2) is 32.6 Å². The Morgan fingerprint density at radius 1 is 0.958 bits per heavy atom. The van der Waals surface area contributed by atoms with Crippen molar-refractivity contribution >= 4 is 17.5 Å². The molecule has 0 bridgehead atoms. The number of rotatable bonds is 6. The number of hydrogen-bond acceptors (Lipinski definition) is 4. The fraction of sp³-hybridized carbons (Fsp3) is 0.222. The van der Waals surface area contributed by atoms with Crippen LogP contribution in [0.15, 0.2) is 54.6 Å². The number of benzene rings is 2. The number of carbonyl (C=O) groups excluding carboxylic acids is 2. The second-order valence-corrected chi connectivity index (χ2v) is 5.00. The molecule has 2 rings (SSSR count). The first kappa shape index (κ1) is 17.5. The lowest BCUT2D eigenvalue weighted by molar-refractivity contribution is -0.136. The molecule has 2 aromatic carbocycles. The highest BCUT2D eigenvalue weighted by Crippen LogP contribution is 2.26. The normalized spacial score (nSPS) is 11.4. The minimum atomic E-state index is -0.726. The minimum Gasteiger partial charge on any atom is -0.496 e. The van der Waals surface area contributed by atoms with E-state index in [-0.39, 0.29) is 6.54 Å². The number of hydrogen-bond donors (Lipinski definition) is 2. The highest BCUT2D eigenvalue weighted by atomic mass is 16.5. The van der Waals surface area contributed by atoms with E-state index in [0.29, 0.717) is 11.4 Å². The molecule has 24 heavy (non-hydrogen) atoms. The molecule has 0 radical (unpaired) electrons. The number of para-hydroxylation sites is 2. The van der Waals surface area contributed by atoms with Gasteiger partial charge in [-0.25, -0.2) is 0 Å². The summed E-state index contributed by atoms with van der Waals surface area (Å²) >= 11 is 0. The van der Waals surface area contributed by atoms with Crippen LogP contribution in [0.1, 0.15) is 11.7 Å². The Kier molecular flexibility index (Phi) is 6.33. The molecule has 0 aliphatic heterocycles. The van der Waals surface area contributed by atoms with Crippen molar-refractivity contribution in [3.63, 3.8) is 0 Å². The van der Waals surface area contributed by atoms with Crippen molar-refractivity contribution in [2.24, 2.45) is 0 Å². The SMILES string of the molecule is COc1ccccc1C(CNC(=O)C(=O)Nc1ccccc1)OC. The van der Waals surface area contributed by atoms with Crippen molar-refractivity contribution in [2.45, 2.75) is 6.10 Å². The van der Waals surface area contributed by atoms with Crippen LogP contribution < -0.4 is 15.4 Å². The molecule has 126 valence electrons.